The molecule has 4 aromatic rings. The summed E-state index contributed by atoms with van der Waals surface area (Å²) in [5.74, 6) is 0.136. The number of aromatic nitrogens is 4. The topological polar surface area (TPSA) is 99.2 Å². The highest BCUT2D eigenvalue weighted by atomic mass is 19.1. The van der Waals surface area contributed by atoms with E-state index in [1.54, 1.807) is 22.9 Å². The molecule has 1 saturated heterocycles. The normalized spacial score (nSPS) is 14.4. The molecule has 8 nitrogen and oxygen atoms in total. The number of hydrogen-bond donors (Lipinski definition) is 1. The Bertz CT molecular complexity index is 1350. The van der Waals surface area contributed by atoms with E-state index in [-0.39, 0.29) is 11.9 Å². The standard InChI is InChI=1S/C26H27FN6O2/c1-2-35-25(34)18-12-14-32(15-13-18)26-29-22(19-10-6-7-11-20(19)27)21-23(28)33(31-24(21)30-26)16-17-8-4-3-5-9-17/h3-11,18H,2,12-16,28H2,1H3. The molecule has 0 saturated carbocycles. The molecule has 35 heavy (non-hydrogen) atoms. The van der Waals surface area contributed by atoms with Crippen LogP contribution in [0.5, 0.6) is 0 Å². The lowest BCUT2D eigenvalue weighted by molar-refractivity contribution is -0.148. The van der Waals surface area contributed by atoms with Crippen LogP contribution >= 0.6 is 0 Å². The first kappa shape index (κ1) is 22.8. The van der Waals surface area contributed by atoms with E-state index in [1.807, 2.05) is 42.2 Å². The third-order valence-corrected chi connectivity index (χ3v) is 6.33. The maximum atomic E-state index is 14.9. The SMILES string of the molecule is CCOC(=O)C1CCN(c2nc(-c3ccccc3F)c3c(N)n(Cc4ccccc4)nc3n2)CC1. The zero-order chi connectivity index (χ0) is 24.4. The number of nitrogen functional groups attached to an aromatic ring is 1. The second kappa shape index (κ2) is 9.69. The Hall–Kier alpha value is -4.01. The zero-order valence-electron chi connectivity index (χ0n) is 19.5. The number of ether oxygens (including phenoxy) is 1. The van der Waals surface area contributed by atoms with Crippen LogP contribution in [0.1, 0.15) is 25.3 Å². The third-order valence-electron chi connectivity index (χ3n) is 6.33. The van der Waals surface area contributed by atoms with E-state index in [2.05, 4.69) is 5.10 Å². The highest BCUT2D eigenvalue weighted by Gasteiger charge is 2.29. The lowest BCUT2D eigenvalue weighted by atomic mass is 9.97. The predicted molar refractivity (Wildman–Crippen MR) is 132 cm³/mol. The third kappa shape index (κ3) is 4.53. The quantitative estimate of drug-likeness (QED) is 0.421. The van der Waals surface area contributed by atoms with Crippen molar-refractivity contribution in [2.75, 3.05) is 30.3 Å². The number of benzene rings is 2. The number of fused-ring (bicyclic) bond motifs is 1. The van der Waals surface area contributed by atoms with Crippen molar-refractivity contribution in [1.82, 2.24) is 19.7 Å². The molecular formula is C26H27FN6O2. The molecule has 2 aromatic carbocycles. The van der Waals surface area contributed by atoms with Crippen LogP contribution in [0.25, 0.3) is 22.3 Å². The Morgan fingerprint density at radius 2 is 1.80 bits per heavy atom. The van der Waals surface area contributed by atoms with Crippen LogP contribution in [0.2, 0.25) is 0 Å². The minimum absolute atomic E-state index is 0.137. The first-order valence-corrected chi connectivity index (χ1v) is 11.8. The fourth-order valence-corrected chi connectivity index (χ4v) is 4.48. The molecular weight excluding hydrogens is 447 g/mol. The largest absolute Gasteiger partial charge is 0.466 e. The molecule has 0 aliphatic carbocycles. The number of rotatable bonds is 6. The summed E-state index contributed by atoms with van der Waals surface area (Å²) in [6.07, 6.45) is 1.28. The highest BCUT2D eigenvalue weighted by molar-refractivity contribution is 5.99. The first-order valence-electron chi connectivity index (χ1n) is 11.8. The predicted octanol–water partition coefficient (Wildman–Crippen LogP) is 4.04. The summed E-state index contributed by atoms with van der Waals surface area (Å²) in [4.78, 5) is 23.6. The Morgan fingerprint density at radius 1 is 1.09 bits per heavy atom. The van der Waals surface area contributed by atoms with Crippen molar-refractivity contribution >= 4 is 28.8 Å². The molecule has 0 radical (unpaired) electrons. The fraction of sp³-hybridized carbons (Fsp3) is 0.308. The lowest BCUT2D eigenvalue weighted by Gasteiger charge is -2.31. The molecule has 1 fully saturated rings. The second-order valence-electron chi connectivity index (χ2n) is 8.59. The van der Waals surface area contributed by atoms with E-state index >= 15 is 0 Å². The molecule has 2 N–H and O–H groups in total. The van der Waals surface area contributed by atoms with Gasteiger partial charge in [0, 0.05) is 18.7 Å². The molecule has 1 aliphatic rings. The van der Waals surface area contributed by atoms with Gasteiger partial charge in [-0.3, -0.25) is 4.79 Å². The van der Waals surface area contributed by atoms with Gasteiger partial charge in [0.05, 0.1) is 30.1 Å². The van der Waals surface area contributed by atoms with Gasteiger partial charge in [0.25, 0.3) is 0 Å². The van der Waals surface area contributed by atoms with Gasteiger partial charge >= 0.3 is 5.97 Å². The summed E-state index contributed by atoms with van der Waals surface area (Å²) in [6.45, 7) is 3.82. The number of hydrogen-bond acceptors (Lipinski definition) is 7. The van der Waals surface area contributed by atoms with Gasteiger partial charge in [-0.05, 0) is 37.5 Å². The van der Waals surface area contributed by atoms with Gasteiger partial charge in [-0.2, -0.15) is 4.98 Å². The molecule has 0 bridgehead atoms. The Labute approximate surface area is 202 Å². The van der Waals surface area contributed by atoms with Crippen LogP contribution in [0.3, 0.4) is 0 Å². The van der Waals surface area contributed by atoms with Gasteiger partial charge in [-0.1, -0.05) is 42.5 Å². The van der Waals surface area contributed by atoms with E-state index in [9.17, 15) is 9.18 Å². The van der Waals surface area contributed by atoms with E-state index < -0.39 is 5.82 Å². The van der Waals surface area contributed by atoms with Crippen molar-refractivity contribution < 1.29 is 13.9 Å². The summed E-state index contributed by atoms with van der Waals surface area (Å²) in [6, 6.07) is 16.3. The van der Waals surface area contributed by atoms with Crippen molar-refractivity contribution in [2.24, 2.45) is 5.92 Å². The highest BCUT2D eigenvalue weighted by Crippen LogP contribution is 2.34. The number of carbonyl (C=O) groups excluding carboxylic acids is 1. The van der Waals surface area contributed by atoms with Gasteiger partial charge in [-0.15, -0.1) is 5.10 Å². The average molecular weight is 475 g/mol. The molecule has 0 spiro atoms. The minimum atomic E-state index is -0.394. The number of piperidine rings is 1. The number of anilines is 2. The lowest BCUT2D eigenvalue weighted by Crippen LogP contribution is -2.38. The van der Waals surface area contributed by atoms with Gasteiger partial charge in [-0.25, -0.2) is 14.1 Å². The summed E-state index contributed by atoms with van der Waals surface area (Å²) >= 11 is 0. The number of esters is 1. The summed E-state index contributed by atoms with van der Waals surface area (Å²) in [5, 5.41) is 5.19. The van der Waals surface area contributed by atoms with Crippen LogP contribution in [-0.4, -0.2) is 45.4 Å². The smallest absolute Gasteiger partial charge is 0.309 e. The number of nitrogens with zero attached hydrogens (tertiary/aromatic N) is 5. The van der Waals surface area contributed by atoms with E-state index in [4.69, 9.17) is 20.4 Å². The molecule has 2 aromatic heterocycles. The average Bonchev–Trinajstić information content (AvgIpc) is 3.19. The Kier molecular flexibility index (Phi) is 6.31. The molecule has 3 heterocycles. The minimum Gasteiger partial charge on any atom is -0.466 e. The van der Waals surface area contributed by atoms with Crippen LogP contribution in [0.15, 0.2) is 54.6 Å². The van der Waals surface area contributed by atoms with Crippen molar-refractivity contribution in [2.45, 2.75) is 26.3 Å². The van der Waals surface area contributed by atoms with Crippen LogP contribution < -0.4 is 10.6 Å². The van der Waals surface area contributed by atoms with Crippen molar-refractivity contribution in [3.63, 3.8) is 0 Å². The van der Waals surface area contributed by atoms with Crippen molar-refractivity contribution in [3.8, 4) is 11.3 Å². The second-order valence-corrected chi connectivity index (χ2v) is 8.59. The number of nitrogens with two attached hydrogens (primary N) is 1. The van der Waals surface area contributed by atoms with Crippen molar-refractivity contribution in [3.05, 3.63) is 66.0 Å². The van der Waals surface area contributed by atoms with E-state index in [0.29, 0.717) is 73.1 Å². The maximum Gasteiger partial charge on any atom is 0.309 e. The van der Waals surface area contributed by atoms with Gasteiger partial charge < -0.3 is 15.4 Å². The fourth-order valence-electron chi connectivity index (χ4n) is 4.48. The van der Waals surface area contributed by atoms with Crippen LogP contribution in [0, 0.1) is 11.7 Å². The first-order chi connectivity index (χ1) is 17.0. The van der Waals surface area contributed by atoms with Crippen molar-refractivity contribution in [1.29, 1.82) is 0 Å². The molecule has 9 heteroatoms. The van der Waals surface area contributed by atoms with Gasteiger partial charge in [0.15, 0.2) is 5.65 Å². The molecule has 0 amide bonds. The van der Waals surface area contributed by atoms with E-state index in [1.165, 1.54) is 6.07 Å². The van der Waals surface area contributed by atoms with Crippen LogP contribution in [0.4, 0.5) is 16.2 Å². The molecule has 0 unspecified atom stereocenters. The number of carbonyl (C=O) groups is 1. The Morgan fingerprint density at radius 3 is 2.51 bits per heavy atom. The molecule has 5 rings (SSSR count). The summed E-state index contributed by atoms with van der Waals surface area (Å²) in [7, 11) is 0. The molecule has 1 aliphatic heterocycles. The molecule has 180 valence electrons. The summed E-state index contributed by atoms with van der Waals surface area (Å²) < 4.78 is 21.7. The molecule has 0 atom stereocenters. The van der Waals surface area contributed by atoms with Crippen LogP contribution in [-0.2, 0) is 16.1 Å². The summed E-state index contributed by atoms with van der Waals surface area (Å²) in [5.41, 5.74) is 8.71. The van der Waals surface area contributed by atoms with Gasteiger partial charge in [0.2, 0.25) is 5.95 Å². The van der Waals surface area contributed by atoms with E-state index in [0.717, 1.165) is 5.56 Å². The zero-order valence-corrected chi connectivity index (χ0v) is 19.5. The maximum absolute atomic E-state index is 14.9. The number of halogens is 1. The Balaban J connectivity index is 1.55. The van der Waals surface area contributed by atoms with Gasteiger partial charge in [0.1, 0.15) is 11.6 Å². The monoisotopic (exact) mass is 474 g/mol.